The molecule has 0 bridgehead atoms. The van der Waals surface area contributed by atoms with E-state index in [9.17, 15) is 4.79 Å². The molecule has 0 saturated carbocycles. The fourth-order valence-corrected chi connectivity index (χ4v) is 4.10. The standard InChI is InChI=1S/C21H24ClN5O/c1-14-11-19-23-12-16(13-25(2)3)20(27(19)24-14)18-5-4-10-26(18)21(28)15-6-8-17(22)9-7-15/h6-9,11-12,18H,4-5,10,13H2,1-3H3/t18-/m0/s1. The van der Waals surface area contributed by atoms with Gasteiger partial charge >= 0.3 is 0 Å². The molecule has 1 atom stereocenters. The first-order chi connectivity index (χ1) is 13.4. The van der Waals surface area contributed by atoms with Gasteiger partial charge in [0.05, 0.1) is 17.4 Å². The Kier molecular flexibility index (Phi) is 5.08. The number of hydrogen-bond donors (Lipinski definition) is 0. The Balaban J connectivity index is 1.78. The highest BCUT2D eigenvalue weighted by molar-refractivity contribution is 6.30. The van der Waals surface area contributed by atoms with Crippen LogP contribution >= 0.6 is 11.6 Å². The van der Waals surface area contributed by atoms with Crippen LogP contribution in [-0.2, 0) is 6.54 Å². The molecule has 6 nitrogen and oxygen atoms in total. The molecular formula is C21H24ClN5O. The Morgan fingerprint density at radius 1 is 1.29 bits per heavy atom. The summed E-state index contributed by atoms with van der Waals surface area (Å²) < 4.78 is 1.92. The molecule has 0 spiro atoms. The third-order valence-corrected chi connectivity index (χ3v) is 5.38. The number of hydrogen-bond acceptors (Lipinski definition) is 4. The van der Waals surface area contributed by atoms with E-state index in [0.717, 1.165) is 48.5 Å². The second kappa shape index (κ2) is 7.53. The highest BCUT2D eigenvalue weighted by atomic mass is 35.5. The Morgan fingerprint density at radius 3 is 2.75 bits per heavy atom. The first kappa shape index (κ1) is 18.9. The number of aromatic nitrogens is 3. The van der Waals surface area contributed by atoms with Crippen LogP contribution < -0.4 is 0 Å². The Labute approximate surface area is 169 Å². The molecule has 0 unspecified atom stereocenters. The van der Waals surface area contributed by atoms with Gasteiger partial charge in [-0.1, -0.05) is 11.6 Å². The van der Waals surface area contributed by atoms with Crippen LogP contribution in [0.1, 0.15) is 46.2 Å². The summed E-state index contributed by atoms with van der Waals surface area (Å²) in [6.07, 6.45) is 3.81. The lowest BCUT2D eigenvalue weighted by molar-refractivity contribution is 0.0730. The van der Waals surface area contributed by atoms with Crippen molar-refractivity contribution in [1.29, 1.82) is 0 Å². The normalized spacial score (nSPS) is 17.0. The maximum absolute atomic E-state index is 13.2. The van der Waals surface area contributed by atoms with Crippen molar-refractivity contribution in [3.63, 3.8) is 0 Å². The zero-order valence-electron chi connectivity index (χ0n) is 16.4. The van der Waals surface area contributed by atoms with Crippen molar-refractivity contribution in [3.05, 3.63) is 64.1 Å². The molecule has 2 aromatic heterocycles. The molecule has 1 aliphatic heterocycles. The molecule has 4 rings (SSSR count). The van der Waals surface area contributed by atoms with Gasteiger partial charge in [-0.15, -0.1) is 0 Å². The maximum atomic E-state index is 13.2. The van der Waals surface area contributed by atoms with E-state index in [1.807, 2.05) is 42.7 Å². The monoisotopic (exact) mass is 397 g/mol. The molecule has 1 saturated heterocycles. The van der Waals surface area contributed by atoms with Crippen LogP contribution in [0.5, 0.6) is 0 Å². The topological polar surface area (TPSA) is 53.7 Å². The fraction of sp³-hybridized carbons (Fsp3) is 0.381. The van der Waals surface area contributed by atoms with Crippen molar-refractivity contribution in [3.8, 4) is 0 Å². The summed E-state index contributed by atoms with van der Waals surface area (Å²) in [5, 5.41) is 5.31. The van der Waals surface area contributed by atoms with Crippen LogP contribution in [0.4, 0.5) is 0 Å². The number of carbonyl (C=O) groups excluding carboxylic acids is 1. The Bertz CT molecular complexity index is 1010. The smallest absolute Gasteiger partial charge is 0.254 e. The second-order valence-electron chi connectivity index (χ2n) is 7.63. The number of fused-ring (bicyclic) bond motifs is 1. The van der Waals surface area contributed by atoms with Gasteiger partial charge in [0.25, 0.3) is 5.91 Å². The minimum Gasteiger partial charge on any atom is -0.330 e. The molecule has 146 valence electrons. The maximum Gasteiger partial charge on any atom is 0.254 e. The molecule has 0 aliphatic carbocycles. The van der Waals surface area contributed by atoms with Crippen molar-refractivity contribution >= 4 is 23.2 Å². The lowest BCUT2D eigenvalue weighted by Gasteiger charge is -2.28. The summed E-state index contributed by atoms with van der Waals surface area (Å²) in [6, 6.07) is 9.06. The SMILES string of the molecule is Cc1cc2ncc(CN(C)C)c([C@@H]3CCCN3C(=O)c3ccc(Cl)cc3)n2n1. The molecule has 1 aromatic carbocycles. The number of rotatable bonds is 4. The molecule has 28 heavy (non-hydrogen) atoms. The molecule has 1 fully saturated rings. The summed E-state index contributed by atoms with van der Waals surface area (Å²) in [4.78, 5) is 21.9. The number of aryl methyl sites for hydroxylation is 1. The van der Waals surface area contributed by atoms with Crippen LogP contribution in [0.25, 0.3) is 5.65 Å². The number of likely N-dealkylation sites (tertiary alicyclic amines) is 1. The van der Waals surface area contributed by atoms with Crippen molar-refractivity contribution < 1.29 is 4.79 Å². The van der Waals surface area contributed by atoms with E-state index in [1.165, 1.54) is 0 Å². The van der Waals surface area contributed by atoms with Gasteiger partial charge in [0.15, 0.2) is 5.65 Å². The molecular weight excluding hydrogens is 374 g/mol. The lowest BCUT2D eigenvalue weighted by atomic mass is 10.0. The van der Waals surface area contributed by atoms with E-state index in [1.54, 1.807) is 24.3 Å². The first-order valence-corrected chi connectivity index (χ1v) is 9.87. The van der Waals surface area contributed by atoms with Crippen molar-refractivity contribution in [2.75, 3.05) is 20.6 Å². The molecule has 3 aromatic rings. The van der Waals surface area contributed by atoms with Gasteiger partial charge in [0.2, 0.25) is 0 Å². The van der Waals surface area contributed by atoms with E-state index >= 15 is 0 Å². The van der Waals surface area contributed by atoms with Gasteiger partial charge in [0.1, 0.15) is 0 Å². The van der Waals surface area contributed by atoms with Gasteiger partial charge < -0.3 is 9.80 Å². The predicted molar refractivity (Wildman–Crippen MR) is 110 cm³/mol. The van der Waals surface area contributed by atoms with Gasteiger partial charge in [-0.3, -0.25) is 4.79 Å². The van der Waals surface area contributed by atoms with E-state index in [4.69, 9.17) is 11.6 Å². The quantitative estimate of drug-likeness (QED) is 0.673. The largest absolute Gasteiger partial charge is 0.330 e. The molecule has 1 amide bonds. The number of nitrogens with zero attached hydrogens (tertiary/aromatic N) is 5. The molecule has 1 aliphatic rings. The first-order valence-electron chi connectivity index (χ1n) is 9.49. The van der Waals surface area contributed by atoms with Crippen molar-refractivity contribution in [1.82, 2.24) is 24.4 Å². The molecule has 0 N–H and O–H groups in total. The predicted octanol–water partition coefficient (Wildman–Crippen LogP) is 3.73. The second-order valence-corrected chi connectivity index (χ2v) is 8.06. The van der Waals surface area contributed by atoms with Crippen LogP contribution in [0, 0.1) is 6.92 Å². The fourth-order valence-electron chi connectivity index (χ4n) is 3.97. The van der Waals surface area contributed by atoms with Crippen molar-refractivity contribution in [2.45, 2.75) is 32.4 Å². The van der Waals surface area contributed by atoms with Crippen LogP contribution in [-0.4, -0.2) is 50.9 Å². The average Bonchev–Trinajstić information content (AvgIpc) is 3.27. The zero-order chi connectivity index (χ0) is 19.8. The molecule has 3 heterocycles. The summed E-state index contributed by atoms with van der Waals surface area (Å²) in [7, 11) is 4.07. The molecule has 7 heteroatoms. The number of carbonyl (C=O) groups is 1. The average molecular weight is 398 g/mol. The van der Waals surface area contributed by atoms with Crippen LogP contribution in [0.15, 0.2) is 36.5 Å². The number of halogens is 1. The minimum atomic E-state index is -0.0251. The summed E-state index contributed by atoms with van der Waals surface area (Å²) in [6.45, 7) is 3.45. The summed E-state index contributed by atoms with van der Waals surface area (Å²) >= 11 is 5.99. The number of amides is 1. The Morgan fingerprint density at radius 2 is 2.04 bits per heavy atom. The van der Waals surface area contributed by atoms with Crippen LogP contribution in [0.3, 0.4) is 0 Å². The third-order valence-electron chi connectivity index (χ3n) is 5.13. The van der Waals surface area contributed by atoms with E-state index in [2.05, 4.69) is 15.0 Å². The Hall–Kier alpha value is -2.44. The van der Waals surface area contributed by atoms with Gasteiger partial charge in [-0.2, -0.15) is 5.10 Å². The van der Waals surface area contributed by atoms with E-state index in [0.29, 0.717) is 10.6 Å². The van der Waals surface area contributed by atoms with Crippen molar-refractivity contribution in [2.24, 2.45) is 0 Å². The van der Waals surface area contributed by atoms with Gasteiger partial charge in [0, 0.05) is 41.5 Å². The molecule has 0 radical (unpaired) electrons. The highest BCUT2D eigenvalue weighted by Crippen LogP contribution is 2.35. The number of benzene rings is 1. The summed E-state index contributed by atoms with van der Waals surface area (Å²) in [5.74, 6) is 0.0313. The van der Waals surface area contributed by atoms with E-state index < -0.39 is 0 Å². The zero-order valence-corrected chi connectivity index (χ0v) is 17.1. The van der Waals surface area contributed by atoms with Gasteiger partial charge in [-0.25, -0.2) is 9.50 Å². The lowest BCUT2D eigenvalue weighted by Crippen LogP contribution is -2.32. The third kappa shape index (κ3) is 3.50. The summed E-state index contributed by atoms with van der Waals surface area (Å²) in [5.41, 5.74) is 4.56. The van der Waals surface area contributed by atoms with Crippen LogP contribution in [0.2, 0.25) is 5.02 Å². The van der Waals surface area contributed by atoms with E-state index in [-0.39, 0.29) is 11.9 Å². The highest BCUT2D eigenvalue weighted by Gasteiger charge is 2.34. The van der Waals surface area contributed by atoms with Gasteiger partial charge in [-0.05, 0) is 58.1 Å². The minimum absolute atomic E-state index is 0.0251.